The number of aromatic nitrogens is 2. The van der Waals surface area contributed by atoms with Crippen molar-refractivity contribution in [1.29, 1.82) is 0 Å². The van der Waals surface area contributed by atoms with E-state index in [1.165, 1.54) is 30.6 Å². The van der Waals surface area contributed by atoms with E-state index in [2.05, 4.69) is 9.97 Å². The molecule has 0 fully saturated rings. The van der Waals surface area contributed by atoms with Crippen LogP contribution in [0.2, 0.25) is 0 Å². The van der Waals surface area contributed by atoms with Gasteiger partial charge in [0.05, 0.1) is 15.8 Å². The predicted molar refractivity (Wildman–Crippen MR) is 74.4 cm³/mol. The van der Waals surface area contributed by atoms with E-state index in [9.17, 15) is 15.2 Å². The number of fused-ring (bicyclic) bond motifs is 1. The standard InChI is InChI=1S/C14H9N3O4/c18-10-2-4-11(5-3-10)21-14-12-7-9(17(19)20)1-6-13(12)15-8-16-14/h1-8,18H. The second kappa shape index (κ2) is 5.04. The van der Waals surface area contributed by atoms with Crippen molar-refractivity contribution in [2.45, 2.75) is 0 Å². The highest BCUT2D eigenvalue weighted by Crippen LogP contribution is 2.29. The van der Waals surface area contributed by atoms with Gasteiger partial charge in [0.25, 0.3) is 5.69 Å². The first-order chi connectivity index (χ1) is 10.1. The van der Waals surface area contributed by atoms with Crippen molar-refractivity contribution in [2.75, 3.05) is 0 Å². The third-order valence-electron chi connectivity index (χ3n) is 2.84. The van der Waals surface area contributed by atoms with Gasteiger partial charge in [0.1, 0.15) is 17.8 Å². The van der Waals surface area contributed by atoms with Crippen molar-refractivity contribution in [3.05, 3.63) is 58.9 Å². The fraction of sp³-hybridized carbons (Fsp3) is 0. The minimum Gasteiger partial charge on any atom is -0.508 e. The molecule has 0 aliphatic rings. The van der Waals surface area contributed by atoms with Gasteiger partial charge in [-0.2, -0.15) is 0 Å². The van der Waals surface area contributed by atoms with Gasteiger partial charge in [0.15, 0.2) is 0 Å². The van der Waals surface area contributed by atoms with Gasteiger partial charge in [-0.25, -0.2) is 9.97 Å². The lowest BCUT2D eigenvalue weighted by atomic mass is 10.2. The number of nitro groups is 1. The summed E-state index contributed by atoms with van der Waals surface area (Å²) in [6, 6.07) is 10.4. The van der Waals surface area contributed by atoms with E-state index in [4.69, 9.17) is 4.74 Å². The molecule has 0 spiro atoms. The predicted octanol–water partition coefficient (Wildman–Crippen LogP) is 3.04. The van der Waals surface area contributed by atoms with Crippen molar-refractivity contribution in [2.24, 2.45) is 0 Å². The second-order valence-corrected chi connectivity index (χ2v) is 4.23. The number of phenols is 1. The molecule has 7 nitrogen and oxygen atoms in total. The van der Waals surface area contributed by atoms with Crippen molar-refractivity contribution in [3.63, 3.8) is 0 Å². The number of aromatic hydroxyl groups is 1. The molecule has 7 heteroatoms. The Morgan fingerprint density at radius 2 is 1.86 bits per heavy atom. The number of nitrogens with zero attached hydrogens (tertiary/aromatic N) is 3. The molecule has 0 aliphatic carbocycles. The number of benzene rings is 2. The molecule has 3 rings (SSSR count). The van der Waals surface area contributed by atoms with Crippen LogP contribution in [0.15, 0.2) is 48.8 Å². The van der Waals surface area contributed by atoms with Gasteiger partial charge in [-0.3, -0.25) is 10.1 Å². The van der Waals surface area contributed by atoms with E-state index < -0.39 is 4.92 Å². The zero-order valence-electron chi connectivity index (χ0n) is 10.6. The fourth-order valence-electron chi connectivity index (χ4n) is 1.84. The van der Waals surface area contributed by atoms with Crippen LogP contribution in [-0.4, -0.2) is 20.0 Å². The molecular weight excluding hydrogens is 274 g/mol. The molecular formula is C14H9N3O4. The van der Waals surface area contributed by atoms with E-state index in [1.54, 1.807) is 18.2 Å². The lowest BCUT2D eigenvalue weighted by Crippen LogP contribution is -1.93. The molecule has 0 saturated carbocycles. The summed E-state index contributed by atoms with van der Waals surface area (Å²) in [5, 5.41) is 20.5. The number of non-ortho nitro benzene ring substituents is 1. The molecule has 2 aromatic carbocycles. The molecule has 0 aliphatic heterocycles. The largest absolute Gasteiger partial charge is 0.508 e. The van der Waals surface area contributed by atoms with Gasteiger partial charge in [-0.1, -0.05) is 0 Å². The van der Waals surface area contributed by atoms with Crippen LogP contribution in [0.4, 0.5) is 5.69 Å². The number of nitro benzene ring substituents is 1. The van der Waals surface area contributed by atoms with Gasteiger partial charge in [-0.15, -0.1) is 0 Å². The highest BCUT2D eigenvalue weighted by atomic mass is 16.6. The van der Waals surface area contributed by atoms with E-state index in [-0.39, 0.29) is 17.3 Å². The van der Waals surface area contributed by atoms with E-state index in [0.29, 0.717) is 16.7 Å². The first-order valence-corrected chi connectivity index (χ1v) is 5.99. The third-order valence-corrected chi connectivity index (χ3v) is 2.84. The summed E-state index contributed by atoms with van der Waals surface area (Å²) in [4.78, 5) is 18.4. The van der Waals surface area contributed by atoms with Crippen LogP contribution in [0.5, 0.6) is 17.4 Å². The van der Waals surface area contributed by atoms with Crippen LogP contribution in [0.3, 0.4) is 0 Å². The van der Waals surface area contributed by atoms with Crippen LogP contribution in [-0.2, 0) is 0 Å². The Kier molecular flexibility index (Phi) is 3.07. The van der Waals surface area contributed by atoms with Crippen molar-refractivity contribution < 1.29 is 14.8 Å². The highest BCUT2D eigenvalue weighted by Gasteiger charge is 2.12. The molecule has 0 bridgehead atoms. The molecule has 1 heterocycles. The van der Waals surface area contributed by atoms with E-state index in [1.807, 2.05) is 0 Å². The maximum absolute atomic E-state index is 10.8. The smallest absolute Gasteiger partial charge is 0.270 e. The minimum atomic E-state index is -0.489. The Balaban J connectivity index is 2.06. The first kappa shape index (κ1) is 12.8. The average molecular weight is 283 g/mol. The molecule has 1 aromatic heterocycles. The zero-order valence-corrected chi connectivity index (χ0v) is 10.6. The topological polar surface area (TPSA) is 98.4 Å². The van der Waals surface area contributed by atoms with E-state index in [0.717, 1.165) is 0 Å². The van der Waals surface area contributed by atoms with Crippen LogP contribution < -0.4 is 4.74 Å². The summed E-state index contributed by atoms with van der Waals surface area (Å²) in [7, 11) is 0. The SMILES string of the molecule is O=[N+]([O-])c1ccc2ncnc(Oc3ccc(O)cc3)c2c1. The molecule has 0 saturated heterocycles. The molecule has 0 unspecified atom stereocenters. The Morgan fingerprint density at radius 3 is 2.57 bits per heavy atom. The number of phenolic OH excluding ortho intramolecular Hbond substituents is 1. The van der Waals surface area contributed by atoms with Gasteiger partial charge < -0.3 is 9.84 Å². The van der Waals surface area contributed by atoms with Crippen LogP contribution in [0, 0.1) is 10.1 Å². The number of hydrogen-bond acceptors (Lipinski definition) is 6. The number of rotatable bonds is 3. The summed E-state index contributed by atoms with van der Waals surface area (Å²) in [6.45, 7) is 0. The second-order valence-electron chi connectivity index (χ2n) is 4.23. The van der Waals surface area contributed by atoms with Crippen molar-refractivity contribution in [3.8, 4) is 17.4 Å². The summed E-state index contributed by atoms with van der Waals surface area (Å²) in [5.41, 5.74) is 0.484. The summed E-state index contributed by atoms with van der Waals surface area (Å²) >= 11 is 0. The zero-order chi connectivity index (χ0) is 14.8. The lowest BCUT2D eigenvalue weighted by molar-refractivity contribution is -0.384. The molecule has 0 radical (unpaired) electrons. The average Bonchev–Trinajstić information content (AvgIpc) is 2.49. The maximum atomic E-state index is 10.8. The maximum Gasteiger partial charge on any atom is 0.270 e. The Hall–Kier alpha value is -3.22. The minimum absolute atomic E-state index is 0.0622. The normalized spacial score (nSPS) is 10.5. The van der Waals surface area contributed by atoms with Gasteiger partial charge in [0, 0.05) is 12.1 Å². The van der Waals surface area contributed by atoms with Crippen LogP contribution >= 0.6 is 0 Å². The lowest BCUT2D eigenvalue weighted by Gasteiger charge is -2.07. The van der Waals surface area contributed by atoms with Gasteiger partial charge in [-0.05, 0) is 30.3 Å². The van der Waals surface area contributed by atoms with Gasteiger partial charge >= 0.3 is 0 Å². The van der Waals surface area contributed by atoms with Crippen LogP contribution in [0.1, 0.15) is 0 Å². The molecule has 104 valence electrons. The number of hydrogen-bond donors (Lipinski definition) is 1. The Morgan fingerprint density at radius 1 is 1.10 bits per heavy atom. The quantitative estimate of drug-likeness (QED) is 0.586. The fourth-order valence-corrected chi connectivity index (χ4v) is 1.84. The molecule has 21 heavy (non-hydrogen) atoms. The van der Waals surface area contributed by atoms with Gasteiger partial charge in [0.2, 0.25) is 5.88 Å². The van der Waals surface area contributed by atoms with Crippen molar-refractivity contribution in [1.82, 2.24) is 9.97 Å². The third kappa shape index (κ3) is 2.57. The summed E-state index contributed by atoms with van der Waals surface area (Å²) in [5.74, 6) is 0.791. The molecule has 3 aromatic rings. The summed E-state index contributed by atoms with van der Waals surface area (Å²) < 4.78 is 5.60. The first-order valence-electron chi connectivity index (χ1n) is 5.99. The summed E-state index contributed by atoms with van der Waals surface area (Å²) in [6.07, 6.45) is 1.32. The Bertz CT molecular complexity index is 818. The monoisotopic (exact) mass is 283 g/mol. The molecule has 0 atom stereocenters. The molecule has 1 N–H and O–H groups in total. The van der Waals surface area contributed by atoms with Crippen LogP contribution in [0.25, 0.3) is 10.9 Å². The molecule has 0 amide bonds. The Labute approximate surface area is 118 Å². The number of ether oxygens (including phenoxy) is 1. The van der Waals surface area contributed by atoms with Crippen molar-refractivity contribution >= 4 is 16.6 Å². The highest BCUT2D eigenvalue weighted by molar-refractivity contribution is 5.85. The van der Waals surface area contributed by atoms with E-state index >= 15 is 0 Å².